The number of hydrogen-bond donors (Lipinski definition) is 0. The van der Waals surface area contributed by atoms with E-state index >= 15 is 0 Å². The van der Waals surface area contributed by atoms with Crippen LogP contribution < -0.4 is 9.47 Å². The summed E-state index contributed by atoms with van der Waals surface area (Å²) in [6.07, 6.45) is 3.17. The van der Waals surface area contributed by atoms with Gasteiger partial charge in [0.25, 0.3) is 0 Å². The highest BCUT2D eigenvalue weighted by atomic mass is 127. The minimum Gasteiger partial charge on any atom is -0.493 e. The van der Waals surface area contributed by atoms with Crippen molar-refractivity contribution in [2.24, 2.45) is 0 Å². The van der Waals surface area contributed by atoms with Crippen molar-refractivity contribution in [3.63, 3.8) is 0 Å². The molecule has 2 rings (SSSR count). The molecule has 6 nitrogen and oxygen atoms in total. The third-order valence-electron chi connectivity index (χ3n) is 3.27. The number of nitriles is 1. The van der Waals surface area contributed by atoms with E-state index in [0.717, 1.165) is 9.26 Å². The molecule has 0 bridgehead atoms. The predicted molar refractivity (Wildman–Crippen MR) is 105 cm³/mol. The Morgan fingerprint density at radius 3 is 2.81 bits per heavy atom. The van der Waals surface area contributed by atoms with Crippen molar-refractivity contribution in [2.45, 2.75) is 13.5 Å². The van der Waals surface area contributed by atoms with E-state index in [-0.39, 0.29) is 12.2 Å². The summed E-state index contributed by atoms with van der Waals surface area (Å²) in [4.78, 5) is 16.0. The van der Waals surface area contributed by atoms with Crippen molar-refractivity contribution < 1.29 is 19.0 Å². The highest BCUT2D eigenvalue weighted by Gasteiger charge is 2.14. The number of benzene rings is 1. The maximum absolute atomic E-state index is 11.8. The van der Waals surface area contributed by atoms with Gasteiger partial charge in [-0.3, -0.25) is 4.98 Å². The second-order valence-electron chi connectivity index (χ2n) is 5.03. The molecule has 7 heteroatoms. The van der Waals surface area contributed by atoms with Gasteiger partial charge in [-0.1, -0.05) is 6.07 Å². The lowest BCUT2D eigenvalue weighted by Crippen LogP contribution is -2.06. The second kappa shape index (κ2) is 9.77. The lowest BCUT2D eigenvalue weighted by molar-refractivity contribution is -0.137. The summed E-state index contributed by atoms with van der Waals surface area (Å²) in [6, 6.07) is 11.0. The number of hydrogen-bond acceptors (Lipinski definition) is 6. The van der Waals surface area contributed by atoms with Gasteiger partial charge in [0, 0.05) is 6.20 Å². The second-order valence-corrected chi connectivity index (χ2v) is 6.20. The van der Waals surface area contributed by atoms with Gasteiger partial charge in [0.1, 0.15) is 18.2 Å². The number of carbonyl (C=O) groups excluding carboxylic acids is 1. The van der Waals surface area contributed by atoms with Crippen LogP contribution in [0.3, 0.4) is 0 Å². The molecule has 26 heavy (non-hydrogen) atoms. The van der Waals surface area contributed by atoms with Crippen LogP contribution in [0, 0.1) is 14.9 Å². The predicted octanol–water partition coefficient (Wildman–Crippen LogP) is 3.74. The van der Waals surface area contributed by atoms with Gasteiger partial charge < -0.3 is 14.2 Å². The number of methoxy groups -OCH3 is 1. The molecule has 1 aromatic heterocycles. The Labute approximate surface area is 165 Å². The number of carbonyl (C=O) groups is 1. The first-order chi connectivity index (χ1) is 12.6. The summed E-state index contributed by atoms with van der Waals surface area (Å²) in [5.41, 5.74) is 1.36. The molecule has 0 fully saturated rings. The molecule has 0 N–H and O–H groups in total. The lowest BCUT2D eigenvalue weighted by atomic mass is 10.1. The van der Waals surface area contributed by atoms with E-state index in [2.05, 4.69) is 27.6 Å². The Morgan fingerprint density at radius 1 is 1.38 bits per heavy atom. The molecule has 2 aromatic rings. The topological polar surface area (TPSA) is 81.4 Å². The van der Waals surface area contributed by atoms with Gasteiger partial charge in [-0.05, 0) is 65.4 Å². The summed E-state index contributed by atoms with van der Waals surface area (Å²) < 4.78 is 16.9. The molecule has 0 saturated heterocycles. The molecular formula is C19H17IN2O4. The van der Waals surface area contributed by atoms with E-state index in [1.807, 2.05) is 24.3 Å². The van der Waals surface area contributed by atoms with E-state index in [9.17, 15) is 4.79 Å². The fourth-order valence-electron chi connectivity index (χ4n) is 2.11. The monoisotopic (exact) mass is 464 g/mol. The Morgan fingerprint density at radius 2 is 2.19 bits per heavy atom. The Kier molecular flexibility index (Phi) is 7.41. The zero-order chi connectivity index (χ0) is 18.9. The number of esters is 1. The summed E-state index contributed by atoms with van der Waals surface area (Å²) in [6.45, 7) is 2.19. The van der Waals surface area contributed by atoms with Crippen molar-refractivity contribution in [2.75, 3.05) is 13.7 Å². The average Bonchev–Trinajstić information content (AvgIpc) is 2.65. The average molecular weight is 464 g/mol. The summed E-state index contributed by atoms with van der Waals surface area (Å²) in [5.74, 6) is 0.422. The van der Waals surface area contributed by atoms with Gasteiger partial charge in [0.15, 0.2) is 11.5 Å². The first-order valence-corrected chi connectivity index (χ1v) is 8.86. The minimum atomic E-state index is -0.653. The summed E-state index contributed by atoms with van der Waals surface area (Å²) in [5, 5.41) is 9.16. The van der Waals surface area contributed by atoms with Gasteiger partial charge in [0.05, 0.1) is 23.0 Å². The van der Waals surface area contributed by atoms with Crippen LogP contribution in [0.4, 0.5) is 0 Å². The maximum Gasteiger partial charge on any atom is 0.348 e. The van der Waals surface area contributed by atoms with Gasteiger partial charge in [-0.2, -0.15) is 5.26 Å². The van der Waals surface area contributed by atoms with Crippen molar-refractivity contribution in [1.29, 1.82) is 5.26 Å². The highest BCUT2D eigenvalue weighted by Crippen LogP contribution is 2.35. The standard InChI is InChI=1S/C19H17IN2O4/c1-3-25-19(23)14(11-21)8-13-9-16(20)18(17(10-13)24-2)26-12-15-6-4-5-7-22-15/h4-10H,3,12H2,1-2H3/b14-8-. The minimum absolute atomic E-state index is 0.0770. The van der Waals surface area contributed by atoms with Crippen molar-refractivity contribution in [3.05, 3.63) is 56.9 Å². The molecular weight excluding hydrogens is 447 g/mol. The van der Waals surface area contributed by atoms with Crippen molar-refractivity contribution >= 4 is 34.6 Å². The van der Waals surface area contributed by atoms with Gasteiger partial charge in [0.2, 0.25) is 0 Å². The molecule has 0 spiro atoms. The highest BCUT2D eigenvalue weighted by molar-refractivity contribution is 14.1. The fraction of sp³-hybridized carbons (Fsp3) is 0.211. The van der Waals surface area contributed by atoms with Crippen LogP contribution >= 0.6 is 22.6 Å². The van der Waals surface area contributed by atoms with Crippen LogP contribution in [0.25, 0.3) is 6.08 Å². The zero-order valence-electron chi connectivity index (χ0n) is 14.4. The molecule has 0 unspecified atom stereocenters. The molecule has 0 radical (unpaired) electrons. The number of ether oxygens (including phenoxy) is 3. The number of halogens is 1. The SMILES string of the molecule is CCOC(=O)/C(C#N)=C\c1cc(I)c(OCc2ccccn2)c(OC)c1. The fourth-order valence-corrected chi connectivity index (χ4v) is 2.89. The van der Waals surface area contributed by atoms with E-state index in [1.54, 1.807) is 25.3 Å². The Hall–Kier alpha value is -2.60. The first-order valence-electron chi connectivity index (χ1n) is 7.78. The Balaban J connectivity index is 2.28. The van der Waals surface area contributed by atoms with Crippen LogP contribution in [-0.2, 0) is 16.1 Å². The summed E-state index contributed by atoms with van der Waals surface area (Å²) >= 11 is 2.12. The van der Waals surface area contributed by atoms with Crippen LogP contribution in [0.15, 0.2) is 42.1 Å². The van der Waals surface area contributed by atoms with E-state index in [0.29, 0.717) is 23.7 Å². The Bertz CT molecular complexity index is 845. The molecule has 1 aromatic carbocycles. The molecule has 0 atom stereocenters. The van der Waals surface area contributed by atoms with E-state index in [1.165, 1.54) is 13.2 Å². The van der Waals surface area contributed by atoms with Crippen LogP contribution in [0.2, 0.25) is 0 Å². The van der Waals surface area contributed by atoms with Gasteiger partial charge in [-0.25, -0.2) is 4.79 Å². The molecule has 0 saturated carbocycles. The molecule has 0 amide bonds. The van der Waals surface area contributed by atoms with Crippen molar-refractivity contribution in [1.82, 2.24) is 4.98 Å². The normalized spacial score (nSPS) is 10.8. The van der Waals surface area contributed by atoms with Crippen LogP contribution in [0.5, 0.6) is 11.5 Å². The smallest absolute Gasteiger partial charge is 0.348 e. The molecule has 1 heterocycles. The quantitative estimate of drug-likeness (QED) is 0.269. The number of aromatic nitrogens is 1. The molecule has 0 aliphatic rings. The van der Waals surface area contributed by atoms with Crippen LogP contribution in [0.1, 0.15) is 18.2 Å². The van der Waals surface area contributed by atoms with Crippen molar-refractivity contribution in [3.8, 4) is 17.6 Å². The number of nitrogens with zero attached hydrogens (tertiary/aromatic N) is 2. The van der Waals surface area contributed by atoms with E-state index < -0.39 is 5.97 Å². The molecule has 0 aliphatic carbocycles. The van der Waals surface area contributed by atoms with E-state index in [4.69, 9.17) is 19.5 Å². The largest absolute Gasteiger partial charge is 0.493 e. The maximum atomic E-state index is 11.8. The van der Waals surface area contributed by atoms with Gasteiger partial charge >= 0.3 is 5.97 Å². The van der Waals surface area contributed by atoms with Gasteiger partial charge in [-0.15, -0.1) is 0 Å². The molecule has 0 aliphatic heterocycles. The number of rotatable bonds is 7. The lowest BCUT2D eigenvalue weighted by Gasteiger charge is -2.13. The zero-order valence-corrected chi connectivity index (χ0v) is 16.5. The third-order valence-corrected chi connectivity index (χ3v) is 4.07. The van der Waals surface area contributed by atoms with Crippen LogP contribution in [-0.4, -0.2) is 24.7 Å². The summed E-state index contributed by atoms with van der Waals surface area (Å²) in [7, 11) is 1.53. The number of pyridine rings is 1. The third kappa shape index (κ3) is 5.20. The first kappa shape index (κ1) is 19.7. The molecule has 134 valence electrons.